The highest BCUT2D eigenvalue weighted by Gasteiger charge is 2.02. The zero-order chi connectivity index (χ0) is 9.40. The van der Waals surface area contributed by atoms with E-state index in [0.29, 0.717) is 12.0 Å². The molecule has 0 aromatic carbocycles. The summed E-state index contributed by atoms with van der Waals surface area (Å²) in [5, 5.41) is 19.1. The predicted molar refractivity (Wildman–Crippen MR) is 54.1 cm³/mol. The fraction of sp³-hybridized carbons (Fsp3) is 0.667. The van der Waals surface area contributed by atoms with Crippen LogP contribution in [-0.4, -0.2) is 12.6 Å². The standard InChI is InChI=1S/C7H10O2.C2H5O.2H3N/c8-7(9)6-4-2-1-3-5-6;1-2-3;;/h4H,1-3,5H2,(H,8,9);2H2,1H3;2*1H3/q;-1;;/p+1. The average molecular weight is 206 g/mol. The number of hydrogen-bond acceptors (Lipinski definition) is 3. The molecular weight excluding hydrogens is 184 g/mol. The van der Waals surface area contributed by atoms with Gasteiger partial charge in [-0.05, 0) is 31.3 Å². The SMILES string of the molecule is CC[O-].O=C([O-])C1=CCCCC1.[NH4+].[NH4+]. The van der Waals surface area contributed by atoms with Crippen molar-refractivity contribution in [3.8, 4) is 0 Å². The van der Waals surface area contributed by atoms with Gasteiger partial charge in [-0.1, -0.05) is 13.0 Å². The van der Waals surface area contributed by atoms with Crippen molar-refractivity contribution in [3.63, 3.8) is 0 Å². The molecule has 0 saturated heterocycles. The highest BCUT2D eigenvalue weighted by Crippen LogP contribution is 2.15. The Bertz CT molecular complexity index is 169. The number of carboxylic acids is 1. The van der Waals surface area contributed by atoms with E-state index in [4.69, 9.17) is 5.11 Å². The van der Waals surface area contributed by atoms with Gasteiger partial charge >= 0.3 is 0 Å². The summed E-state index contributed by atoms with van der Waals surface area (Å²) in [6, 6.07) is 0. The second-order valence-electron chi connectivity index (χ2n) is 2.55. The van der Waals surface area contributed by atoms with Crippen molar-refractivity contribution in [3.05, 3.63) is 11.6 Å². The first kappa shape index (κ1) is 18.8. The Morgan fingerprint density at radius 2 is 1.93 bits per heavy atom. The lowest BCUT2D eigenvalue weighted by molar-refractivity contribution is -0.361. The number of quaternary nitrogens is 2. The van der Waals surface area contributed by atoms with E-state index in [-0.39, 0.29) is 18.9 Å². The van der Waals surface area contributed by atoms with Gasteiger partial charge in [-0.15, -0.1) is 6.61 Å². The molecule has 1 rings (SSSR count). The lowest BCUT2D eigenvalue weighted by Gasteiger charge is -2.12. The highest BCUT2D eigenvalue weighted by molar-refractivity contribution is 5.84. The minimum absolute atomic E-state index is 0. The van der Waals surface area contributed by atoms with Crippen LogP contribution in [0.1, 0.15) is 32.6 Å². The van der Waals surface area contributed by atoms with Crippen LogP contribution in [0.15, 0.2) is 11.6 Å². The van der Waals surface area contributed by atoms with Crippen molar-refractivity contribution in [2.75, 3.05) is 6.61 Å². The van der Waals surface area contributed by atoms with E-state index in [1.165, 1.54) is 0 Å². The average Bonchev–Trinajstić information content (AvgIpc) is 2.07. The van der Waals surface area contributed by atoms with Gasteiger partial charge in [0, 0.05) is 0 Å². The van der Waals surface area contributed by atoms with E-state index >= 15 is 0 Å². The molecule has 0 atom stereocenters. The maximum absolute atomic E-state index is 10.2. The third-order valence-corrected chi connectivity index (χ3v) is 1.55. The third-order valence-electron chi connectivity index (χ3n) is 1.55. The number of carboxylic acid groups (broad SMARTS) is 1. The van der Waals surface area contributed by atoms with Crippen molar-refractivity contribution in [1.29, 1.82) is 0 Å². The van der Waals surface area contributed by atoms with Crippen LogP contribution in [0.25, 0.3) is 0 Å². The van der Waals surface area contributed by atoms with Gasteiger partial charge in [-0.3, -0.25) is 0 Å². The van der Waals surface area contributed by atoms with Crippen molar-refractivity contribution in [2.45, 2.75) is 32.6 Å². The molecule has 5 nitrogen and oxygen atoms in total. The minimum Gasteiger partial charge on any atom is -0.855 e. The molecule has 0 aromatic heterocycles. The van der Waals surface area contributed by atoms with Crippen LogP contribution in [0, 0.1) is 0 Å². The largest absolute Gasteiger partial charge is 0.855 e. The van der Waals surface area contributed by atoms with Gasteiger partial charge in [0.15, 0.2) is 0 Å². The van der Waals surface area contributed by atoms with Gasteiger partial charge < -0.3 is 27.3 Å². The zero-order valence-electron chi connectivity index (χ0n) is 9.34. The Labute approximate surface area is 85.0 Å². The Hall–Kier alpha value is -0.910. The maximum Gasteiger partial charge on any atom is 0.0671 e. The second kappa shape index (κ2) is 12.1. The van der Waals surface area contributed by atoms with E-state index in [1.54, 1.807) is 13.0 Å². The van der Waals surface area contributed by atoms with Crippen LogP contribution >= 0.6 is 0 Å². The normalized spacial score (nSPS) is 13.4. The molecule has 5 heteroatoms. The van der Waals surface area contributed by atoms with Crippen LogP contribution in [0.5, 0.6) is 0 Å². The van der Waals surface area contributed by atoms with Crippen molar-refractivity contribution in [2.24, 2.45) is 0 Å². The molecule has 0 aliphatic heterocycles. The quantitative estimate of drug-likeness (QED) is 0.640. The second-order valence-corrected chi connectivity index (χ2v) is 2.55. The van der Waals surface area contributed by atoms with E-state index < -0.39 is 5.97 Å². The predicted octanol–water partition coefficient (Wildman–Crippen LogP) is 0.356. The molecule has 14 heavy (non-hydrogen) atoms. The third kappa shape index (κ3) is 9.18. The van der Waals surface area contributed by atoms with E-state index in [9.17, 15) is 9.90 Å². The molecule has 86 valence electrons. The van der Waals surface area contributed by atoms with E-state index in [2.05, 4.69) is 0 Å². The molecule has 0 amide bonds. The minimum atomic E-state index is -0.991. The Morgan fingerprint density at radius 3 is 2.14 bits per heavy atom. The van der Waals surface area contributed by atoms with Gasteiger partial charge in [0.25, 0.3) is 0 Å². The van der Waals surface area contributed by atoms with E-state index in [0.717, 1.165) is 19.3 Å². The summed E-state index contributed by atoms with van der Waals surface area (Å²) in [6.45, 7) is 1.57. The first-order valence-electron chi connectivity index (χ1n) is 4.20. The fourth-order valence-corrected chi connectivity index (χ4v) is 1.02. The van der Waals surface area contributed by atoms with Gasteiger partial charge in [0.1, 0.15) is 0 Å². The summed E-state index contributed by atoms with van der Waals surface area (Å²) in [4.78, 5) is 10.2. The highest BCUT2D eigenvalue weighted by atomic mass is 16.4. The summed E-state index contributed by atoms with van der Waals surface area (Å²) in [6.07, 6.45) is 5.49. The van der Waals surface area contributed by atoms with Gasteiger partial charge in [0.2, 0.25) is 0 Å². The Kier molecular flexibility index (Phi) is 16.2. The van der Waals surface area contributed by atoms with Crippen LogP contribution in [0.3, 0.4) is 0 Å². The number of carbonyl (C=O) groups excluding carboxylic acids is 1. The number of rotatable bonds is 1. The Morgan fingerprint density at radius 1 is 1.43 bits per heavy atom. The number of carbonyl (C=O) groups is 1. The molecule has 1 aliphatic carbocycles. The molecule has 1 aliphatic rings. The molecule has 0 unspecified atom stereocenters. The summed E-state index contributed by atoms with van der Waals surface area (Å²) in [5.74, 6) is -0.991. The molecule has 0 saturated carbocycles. The van der Waals surface area contributed by atoms with Gasteiger partial charge in [0.05, 0.1) is 5.97 Å². The lowest BCUT2D eigenvalue weighted by atomic mass is 10.0. The Balaban J connectivity index is -0.000000218. The van der Waals surface area contributed by atoms with Crippen LogP contribution in [0.2, 0.25) is 0 Å². The maximum atomic E-state index is 10.2. The summed E-state index contributed by atoms with van der Waals surface area (Å²) in [5.41, 5.74) is 0.487. The molecule has 0 radical (unpaired) electrons. The summed E-state index contributed by atoms with van der Waals surface area (Å²) < 4.78 is 0. The smallest absolute Gasteiger partial charge is 0.0671 e. The van der Waals surface area contributed by atoms with Gasteiger partial charge in [-0.25, -0.2) is 0 Å². The number of aliphatic carboxylic acids is 1. The summed E-state index contributed by atoms with van der Waals surface area (Å²) in [7, 11) is 0. The first-order chi connectivity index (χ1) is 5.72. The van der Waals surface area contributed by atoms with Crippen molar-refractivity contribution in [1.82, 2.24) is 12.3 Å². The molecule has 0 fully saturated rings. The van der Waals surface area contributed by atoms with E-state index in [1.807, 2.05) is 0 Å². The zero-order valence-corrected chi connectivity index (χ0v) is 9.34. The molecule has 0 heterocycles. The van der Waals surface area contributed by atoms with Crippen LogP contribution < -0.4 is 22.5 Å². The number of hydrogen-bond donors (Lipinski definition) is 2. The fourth-order valence-electron chi connectivity index (χ4n) is 1.02. The lowest BCUT2D eigenvalue weighted by Crippen LogP contribution is -2.25. The van der Waals surface area contributed by atoms with Crippen LogP contribution in [0.4, 0.5) is 0 Å². The van der Waals surface area contributed by atoms with Gasteiger partial charge in [-0.2, -0.15) is 0 Å². The summed E-state index contributed by atoms with van der Waals surface area (Å²) >= 11 is 0. The molecule has 0 spiro atoms. The topological polar surface area (TPSA) is 136 Å². The van der Waals surface area contributed by atoms with Crippen molar-refractivity contribution >= 4 is 5.97 Å². The molecular formula is C9H22N2O3. The van der Waals surface area contributed by atoms with Crippen molar-refractivity contribution < 1.29 is 15.0 Å². The monoisotopic (exact) mass is 206 g/mol. The first-order valence-corrected chi connectivity index (χ1v) is 4.20. The number of allylic oxidation sites excluding steroid dienone is 1. The van der Waals surface area contributed by atoms with Crippen LogP contribution in [-0.2, 0) is 4.79 Å². The molecule has 0 bridgehead atoms. The molecule has 8 N–H and O–H groups in total. The molecule has 0 aromatic rings.